The van der Waals surface area contributed by atoms with Gasteiger partial charge in [-0.15, -0.1) is 0 Å². The zero-order chi connectivity index (χ0) is 3.54. The quantitative estimate of drug-likeness (QED) is 0.306. The summed E-state index contributed by atoms with van der Waals surface area (Å²) in [5.74, 6) is 0. The van der Waals surface area contributed by atoms with Crippen molar-refractivity contribution in [3.05, 3.63) is 0 Å². The maximum absolute atomic E-state index is 4.94. The van der Waals surface area contributed by atoms with Gasteiger partial charge in [0, 0.05) is 13.2 Å². The first-order chi connectivity index (χ1) is 2.50. The van der Waals surface area contributed by atoms with E-state index >= 15 is 0 Å². The van der Waals surface area contributed by atoms with Crippen LogP contribution in [0.1, 0.15) is 15.7 Å². The third kappa shape index (κ3) is 7.61. The van der Waals surface area contributed by atoms with Crippen LogP contribution in [0.2, 0.25) is 0 Å². The molecule has 1 rings (SSSR count). The van der Waals surface area contributed by atoms with E-state index in [4.69, 9.17) is 4.74 Å². The molecule has 0 aromatic rings. The molecule has 0 aromatic heterocycles. The minimum atomic E-state index is 0. The second-order valence-corrected chi connectivity index (χ2v) is 1.32. The van der Waals surface area contributed by atoms with Crippen molar-refractivity contribution in [1.29, 1.82) is 0 Å². The second-order valence-electron chi connectivity index (χ2n) is 1.32. The van der Waals surface area contributed by atoms with E-state index in [1.54, 1.807) is 0 Å². The summed E-state index contributed by atoms with van der Waals surface area (Å²) in [7, 11) is 0. The van der Waals surface area contributed by atoms with Gasteiger partial charge in [-0.25, -0.2) is 0 Å². The van der Waals surface area contributed by atoms with Crippen molar-refractivity contribution in [2.75, 3.05) is 13.2 Å². The minimum Gasteiger partial charge on any atom is -1.00 e. The molecule has 0 N–H and O–H groups in total. The van der Waals surface area contributed by atoms with Crippen LogP contribution in [-0.2, 0) is 4.74 Å². The van der Waals surface area contributed by atoms with E-state index in [0.717, 1.165) is 13.2 Å². The van der Waals surface area contributed by atoms with Gasteiger partial charge in [-0.3, -0.25) is 0 Å². The fraction of sp³-hybridized carbons (Fsp3) is 1.00. The van der Waals surface area contributed by atoms with E-state index in [1.807, 2.05) is 0 Å². The molecule has 0 unspecified atom stereocenters. The van der Waals surface area contributed by atoms with Crippen molar-refractivity contribution < 1.29 is 38.9 Å². The van der Waals surface area contributed by atoms with Crippen LogP contribution in [0, 0.1) is 0 Å². The van der Waals surface area contributed by atoms with E-state index < -0.39 is 0 Å². The van der Waals surface area contributed by atoms with Gasteiger partial charge in [0.2, 0.25) is 0 Å². The molecular formula is C4H10ClLiMgO. The molecule has 1 aliphatic rings. The molecule has 0 spiro atoms. The molecule has 0 amide bonds. The van der Waals surface area contributed by atoms with Gasteiger partial charge in [-0.1, -0.05) is 0 Å². The van der Waals surface area contributed by atoms with Crippen LogP contribution in [0.4, 0.5) is 0 Å². The van der Waals surface area contributed by atoms with Gasteiger partial charge in [0.15, 0.2) is 0 Å². The fourth-order valence-electron chi connectivity index (χ4n) is 0.510. The summed E-state index contributed by atoms with van der Waals surface area (Å²) >= 11 is 0. The van der Waals surface area contributed by atoms with Crippen molar-refractivity contribution >= 4 is 23.1 Å². The Bertz CT molecular complexity index is 34.8. The Balaban J connectivity index is -0.0000000167. The van der Waals surface area contributed by atoms with Gasteiger partial charge >= 0.3 is 41.9 Å². The Morgan fingerprint density at radius 3 is 1.62 bits per heavy atom. The van der Waals surface area contributed by atoms with Gasteiger partial charge in [-0.2, -0.15) is 0 Å². The Morgan fingerprint density at radius 1 is 1.12 bits per heavy atom. The predicted molar refractivity (Wildman–Crippen MR) is 28.0 cm³/mol. The number of halogens is 1. The third-order valence-electron chi connectivity index (χ3n) is 0.827. The van der Waals surface area contributed by atoms with Crippen LogP contribution < -0.4 is 31.3 Å². The minimum absolute atomic E-state index is 0. The molecule has 0 saturated carbocycles. The van der Waals surface area contributed by atoms with E-state index in [1.165, 1.54) is 12.8 Å². The number of rotatable bonds is 0. The zero-order valence-electron chi connectivity index (χ0n) is 7.32. The maximum atomic E-state index is 4.94. The second kappa shape index (κ2) is 11.4. The third-order valence-corrected chi connectivity index (χ3v) is 0.827. The van der Waals surface area contributed by atoms with Crippen LogP contribution in [0.25, 0.3) is 0 Å². The first kappa shape index (κ1) is 16.3. The smallest absolute Gasteiger partial charge is 1.00 e. The van der Waals surface area contributed by atoms with Crippen molar-refractivity contribution in [3.63, 3.8) is 0 Å². The average Bonchev–Trinajstić information content (AvgIpc) is 1.76. The van der Waals surface area contributed by atoms with Gasteiger partial charge in [-0.05, 0) is 12.8 Å². The zero-order valence-corrected chi connectivity index (χ0v) is 7.49. The van der Waals surface area contributed by atoms with Gasteiger partial charge in [0.25, 0.3) is 0 Å². The van der Waals surface area contributed by atoms with E-state index in [0.29, 0.717) is 0 Å². The topological polar surface area (TPSA) is 9.23 Å². The maximum Gasteiger partial charge on any atom is 2.00 e. The van der Waals surface area contributed by atoms with Crippen LogP contribution in [0.3, 0.4) is 0 Å². The summed E-state index contributed by atoms with van der Waals surface area (Å²) in [4.78, 5) is 0. The Labute approximate surface area is 87.6 Å². The summed E-state index contributed by atoms with van der Waals surface area (Å²) in [6.45, 7) is 2.00. The molecule has 1 heterocycles. The normalized spacial score (nSPS) is 15.0. The SMILES string of the molecule is C1CCOC1.[Cl-].[H-].[H-].[Li+].[Mg+2]. The Kier molecular flexibility index (Phi) is 23.3. The summed E-state index contributed by atoms with van der Waals surface area (Å²) in [5.41, 5.74) is 0. The number of hydrogen-bond donors (Lipinski definition) is 0. The average molecular weight is 141 g/mol. The van der Waals surface area contributed by atoms with Crippen molar-refractivity contribution in [1.82, 2.24) is 0 Å². The molecule has 8 heavy (non-hydrogen) atoms. The van der Waals surface area contributed by atoms with Gasteiger partial charge < -0.3 is 20.0 Å². The molecule has 0 atom stereocenters. The monoisotopic (exact) mass is 140 g/mol. The standard InChI is InChI=1S/C4H8O.ClH.Li.Mg.2H/c1-2-4-5-3-1;;;;;/h1-4H2;1H;;;;/q;;+1;+2;2*-1/p-1. The predicted octanol–water partition coefficient (Wildman–Crippen LogP) is -5.35. The fourth-order valence-corrected chi connectivity index (χ4v) is 0.510. The molecule has 0 aliphatic carbocycles. The molecule has 4 heteroatoms. The van der Waals surface area contributed by atoms with Crippen molar-refractivity contribution in [2.24, 2.45) is 0 Å². The van der Waals surface area contributed by atoms with Crippen LogP contribution in [0.5, 0.6) is 0 Å². The van der Waals surface area contributed by atoms with Crippen molar-refractivity contribution in [2.45, 2.75) is 12.8 Å². The Hall–Kier alpha value is 1.61. The van der Waals surface area contributed by atoms with Gasteiger partial charge in [0.1, 0.15) is 0 Å². The van der Waals surface area contributed by atoms with Crippen LogP contribution in [0.15, 0.2) is 0 Å². The number of ether oxygens (including phenoxy) is 1. The molecule has 0 bridgehead atoms. The molecule has 1 nitrogen and oxygen atoms in total. The van der Waals surface area contributed by atoms with Crippen LogP contribution in [-0.4, -0.2) is 36.3 Å². The van der Waals surface area contributed by atoms with E-state index in [9.17, 15) is 0 Å². The van der Waals surface area contributed by atoms with E-state index in [2.05, 4.69) is 0 Å². The molecular weight excluding hydrogens is 131 g/mol. The molecule has 0 aromatic carbocycles. The molecule has 1 aliphatic heterocycles. The summed E-state index contributed by atoms with van der Waals surface area (Å²) < 4.78 is 4.94. The Morgan fingerprint density at radius 2 is 1.50 bits per heavy atom. The van der Waals surface area contributed by atoms with Gasteiger partial charge in [0.05, 0.1) is 0 Å². The van der Waals surface area contributed by atoms with E-state index in [-0.39, 0.29) is 57.2 Å². The number of hydrogen-bond acceptors (Lipinski definition) is 1. The van der Waals surface area contributed by atoms with Crippen molar-refractivity contribution in [3.8, 4) is 0 Å². The molecule has 1 fully saturated rings. The molecule has 0 radical (unpaired) electrons. The first-order valence-electron chi connectivity index (χ1n) is 2.08. The first-order valence-corrected chi connectivity index (χ1v) is 2.08. The summed E-state index contributed by atoms with van der Waals surface area (Å²) in [5, 5.41) is 0. The largest absolute Gasteiger partial charge is 2.00 e. The van der Waals surface area contributed by atoms with Crippen LogP contribution >= 0.6 is 0 Å². The summed E-state index contributed by atoms with van der Waals surface area (Å²) in [6, 6.07) is 0. The molecule has 42 valence electrons. The summed E-state index contributed by atoms with van der Waals surface area (Å²) in [6.07, 6.45) is 2.56. The molecule has 1 saturated heterocycles.